The number of fused-ring (bicyclic) bond motifs is 1. The lowest BCUT2D eigenvalue weighted by atomic mass is 10.1. The number of nitro benzene ring substituents is 1. The van der Waals surface area contributed by atoms with Crippen molar-refractivity contribution in [3.63, 3.8) is 0 Å². The van der Waals surface area contributed by atoms with E-state index in [0.717, 1.165) is 10.8 Å². The van der Waals surface area contributed by atoms with Crippen LogP contribution in [0.25, 0.3) is 10.8 Å². The van der Waals surface area contributed by atoms with Crippen molar-refractivity contribution in [2.45, 2.75) is 0 Å². The van der Waals surface area contributed by atoms with Crippen LogP contribution in [0.1, 0.15) is 0 Å². The lowest BCUT2D eigenvalue weighted by Gasteiger charge is -2.00. The van der Waals surface area contributed by atoms with E-state index in [0.29, 0.717) is 3.57 Å². The summed E-state index contributed by atoms with van der Waals surface area (Å²) in [7, 11) is 0. The molecule has 0 amide bonds. The molecule has 0 unspecified atom stereocenters. The first-order valence-corrected chi connectivity index (χ1v) is 5.09. The summed E-state index contributed by atoms with van der Waals surface area (Å²) in [5.41, 5.74) is 0.171. The summed E-state index contributed by atoms with van der Waals surface area (Å²) in [6.45, 7) is 0. The van der Waals surface area contributed by atoms with Gasteiger partial charge in [0, 0.05) is 11.5 Å². The second-order valence-corrected chi connectivity index (χ2v) is 3.96. The number of nitrogens with zero attached hydrogens (tertiary/aromatic N) is 1. The van der Waals surface area contributed by atoms with Crippen LogP contribution in [0.15, 0.2) is 36.4 Å². The molecule has 0 aromatic heterocycles. The first-order chi connectivity index (χ1) is 6.70. The quantitative estimate of drug-likeness (QED) is 0.460. The van der Waals surface area contributed by atoms with E-state index in [2.05, 4.69) is 0 Å². The van der Waals surface area contributed by atoms with Crippen molar-refractivity contribution < 1.29 is 4.92 Å². The zero-order valence-electron chi connectivity index (χ0n) is 7.11. The van der Waals surface area contributed by atoms with E-state index in [1.54, 1.807) is 12.1 Å². The summed E-state index contributed by atoms with van der Waals surface area (Å²) in [6.07, 6.45) is 0. The minimum absolute atomic E-state index is 0.171. The molecule has 0 aliphatic heterocycles. The van der Waals surface area contributed by atoms with E-state index < -0.39 is 0 Å². The van der Waals surface area contributed by atoms with Crippen LogP contribution in [-0.2, 0) is 0 Å². The molecular formula is C10H6INO2. The van der Waals surface area contributed by atoms with Gasteiger partial charge in [0.05, 0.1) is 8.49 Å². The standard InChI is InChI=1S/C10H6INO2/c11-10-8-4-2-1-3-7(8)5-6-9(10)12(13)14/h1-6H. The largest absolute Gasteiger partial charge is 0.283 e. The zero-order chi connectivity index (χ0) is 10.1. The van der Waals surface area contributed by atoms with Crippen molar-refractivity contribution in [2.24, 2.45) is 0 Å². The van der Waals surface area contributed by atoms with Crippen molar-refractivity contribution in [3.8, 4) is 0 Å². The number of halogens is 1. The van der Waals surface area contributed by atoms with Crippen molar-refractivity contribution in [1.82, 2.24) is 0 Å². The Hall–Kier alpha value is -1.17. The average Bonchev–Trinajstić information content (AvgIpc) is 2.18. The first-order valence-electron chi connectivity index (χ1n) is 4.02. The van der Waals surface area contributed by atoms with Gasteiger partial charge in [-0.15, -0.1) is 0 Å². The Balaban J connectivity index is 2.81. The molecule has 0 fully saturated rings. The second kappa shape index (κ2) is 3.53. The lowest BCUT2D eigenvalue weighted by Crippen LogP contribution is -1.91. The van der Waals surface area contributed by atoms with Gasteiger partial charge in [-0.3, -0.25) is 10.1 Å². The van der Waals surface area contributed by atoms with Crippen LogP contribution < -0.4 is 0 Å². The summed E-state index contributed by atoms with van der Waals surface area (Å²) in [5.74, 6) is 0. The molecule has 0 spiro atoms. The van der Waals surface area contributed by atoms with Crippen molar-refractivity contribution in [3.05, 3.63) is 50.1 Å². The van der Waals surface area contributed by atoms with Crippen LogP contribution in [0, 0.1) is 13.7 Å². The molecule has 2 aromatic carbocycles. The van der Waals surface area contributed by atoms with Gasteiger partial charge in [0.1, 0.15) is 0 Å². The van der Waals surface area contributed by atoms with Gasteiger partial charge in [-0.05, 0) is 34.0 Å². The summed E-state index contributed by atoms with van der Waals surface area (Å²) >= 11 is 2.01. The van der Waals surface area contributed by atoms with Gasteiger partial charge in [0.2, 0.25) is 0 Å². The van der Waals surface area contributed by atoms with E-state index in [1.165, 1.54) is 0 Å². The van der Waals surface area contributed by atoms with Crippen molar-refractivity contribution in [1.29, 1.82) is 0 Å². The third-order valence-corrected chi connectivity index (χ3v) is 3.17. The smallest absolute Gasteiger partial charge is 0.258 e. The van der Waals surface area contributed by atoms with E-state index in [4.69, 9.17) is 0 Å². The molecule has 0 saturated heterocycles. The lowest BCUT2D eigenvalue weighted by molar-refractivity contribution is -0.385. The number of nitro groups is 1. The molecule has 14 heavy (non-hydrogen) atoms. The fraction of sp³-hybridized carbons (Fsp3) is 0. The van der Waals surface area contributed by atoms with Crippen molar-refractivity contribution in [2.75, 3.05) is 0 Å². The molecule has 2 rings (SSSR count). The van der Waals surface area contributed by atoms with Gasteiger partial charge >= 0.3 is 0 Å². The van der Waals surface area contributed by atoms with Crippen LogP contribution in [0.3, 0.4) is 0 Å². The number of rotatable bonds is 1. The molecule has 0 radical (unpaired) electrons. The molecule has 0 N–H and O–H groups in total. The maximum atomic E-state index is 10.7. The Bertz CT molecular complexity index is 510. The normalized spacial score (nSPS) is 10.4. The third-order valence-electron chi connectivity index (χ3n) is 2.04. The highest BCUT2D eigenvalue weighted by Gasteiger charge is 2.13. The highest BCUT2D eigenvalue weighted by Crippen LogP contribution is 2.28. The van der Waals surface area contributed by atoms with Gasteiger partial charge in [-0.25, -0.2) is 0 Å². The molecule has 70 valence electrons. The van der Waals surface area contributed by atoms with Crippen LogP contribution in [0.5, 0.6) is 0 Å². The summed E-state index contributed by atoms with van der Waals surface area (Å²) in [5, 5.41) is 12.6. The van der Waals surface area contributed by atoms with Crippen molar-refractivity contribution >= 4 is 39.1 Å². The molecule has 0 atom stereocenters. The molecule has 4 heteroatoms. The van der Waals surface area contributed by atoms with Crippen LogP contribution >= 0.6 is 22.6 Å². The topological polar surface area (TPSA) is 43.1 Å². The first kappa shape index (κ1) is 9.39. The van der Waals surface area contributed by atoms with Gasteiger partial charge in [0.15, 0.2) is 0 Å². The highest BCUT2D eigenvalue weighted by atomic mass is 127. The van der Waals surface area contributed by atoms with Gasteiger partial charge in [0.25, 0.3) is 5.69 Å². The third kappa shape index (κ3) is 1.45. The Morgan fingerprint density at radius 1 is 1.14 bits per heavy atom. The van der Waals surface area contributed by atoms with Crippen LogP contribution in [-0.4, -0.2) is 4.92 Å². The SMILES string of the molecule is O=[N+]([O-])c1ccc2ccccc2c1I. The molecule has 0 heterocycles. The maximum absolute atomic E-state index is 10.7. The monoisotopic (exact) mass is 299 g/mol. The zero-order valence-corrected chi connectivity index (χ0v) is 9.26. The Morgan fingerprint density at radius 3 is 2.57 bits per heavy atom. The minimum Gasteiger partial charge on any atom is -0.258 e. The maximum Gasteiger partial charge on any atom is 0.283 e. The van der Waals surface area contributed by atoms with E-state index in [9.17, 15) is 10.1 Å². The fourth-order valence-corrected chi connectivity index (χ4v) is 2.23. The molecule has 2 aromatic rings. The molecular weight excluding hydrogens is 293 g/mol. The minimum atomic E-state index is -0.353. The van der Waals surface area contributed by atoms with E-state index in [-0.39, 0.29) is 10.6 Å². The average molecular weight is 299 g/mol. The fourth-order valence-electron chi connectivity index (χ4n) is 1.36. The number of hydrogen-bond donors (Lipinski definition) is 0. The summed E-state index contributed by atoms with van der Waals surface area (Å²) in [6, 6.07) is 11.0. The second-order valence-electron chi connectivity index (χ2n) is 2.88. The molecule has 3 nitrogen and oxygen atoms in total. The molecule has 0 bridgehead atoms. The molecule has 0 aliphatic carbocycles. The van der Waals surface area contributed by atoms with Crippen LogP contribution in [0.4, 0.5) is 5.69 Å². The predicted molar refractivity (Wildman–Crippen MR) is 63.3 cm³/mol. The van der Waals surface area contributed by atoms with Gasteiger partial charge < -0.3 is 0 Å². The molecule has 0 saturated carbocycles. The number of benzene rings is 2. The Morgan fingerprint density at radius 2 is 1.86 bits per heavy atom. The van der Waals surface area contributed by atoms with Gasteiger partial charge in [-0.1, -0.05) is 24.3 Å². The van der Waals surface area contributed by atoms with E-state index >= 15 is 0 Å². The summed E-state index contributed by atoms with van der Waals surface area (Å²) < 4.78 is 0.700. The Kier molecular flexibility index (Phi) is 2.37. The van der Waals surface area contributed by atoms with Crippen LogP contribution in [0.2, 0.25) is 0 Å². The van der Waals surface area contributed by atoms with Gasteiger partial charge in [-0.2, -0.15) is 0 Å². The van der Waals surface area contributed by atoms with E-state index in [1.807, 2.05) is 46.9 Å². The summed E-state index contributed by atoms with van der Waals surface area (Å²) in [4.78, 5) is 10.3. The highest BCUT2D eigenvalue weighted by molar-refractivity contribution is 14.1. The predicted octanol–water partition coefficient (Wildman–Crippen LogP) is 3.35. The number of hydrogen-bond acceptors (Lipinski definition) is 2. The Labute approximate surface area is 94.0 Å². The molecule has 0 aliphatic rings.